The van der Waals surface area contributed by atoms with Crippen molar-refractivity contribution in [3.05, 3.63) is 41.0 Å². The molecular formula is C28H43ClN4O3. The van der Waals surface area contributed by atoms with Crippen molar-refractivity contribution in [3.63, 3.8) is 0 Å². The Labute approximate surface area is 221 Å². The monoisotopic (exact) mass is 518 g/mol. The Balaban J connectivity index is 0.00000361. The van der Waals surface area contributed by atoms with Crippen molar-refractivity contribution in [2.24, 2.45) is 0 Å². The molecule has 2 N–H and O–H groups in total. The average molecular weight is 519 g/mol. The first kappa shape index (κ1) is 28.6. The van der Waals surface area contributed by atoms with Gasteiger partial charge >= 0.3 is 0 Å². The number of likely N-dealkylation sites (tertiary alicyclic amines) is 1. The Morgan fingerprint density at radius 1 is 1.17 bits per heavy atom. The molecule has 2 aliphatic heterocycles. The summed E-state index contributed by atoms with van der Waals surface area (Å²) in [5.41, 5.74) is 3.28. The molecule has 2 saturated heterocycles. The number of amides is 2. The normalized spacial score (nSPS) is 20.3. The number of carbonyl (C=O) groups excluding carboxylic acids is 2. The van der Waals surface area contributed by atoms with Crippen LogP contribution in [-0.4, -0.2) is 79.1 Å². The van der Waals surface area contributed by atoms with E-state index in [0.717, 1.165) is 74.7 Å². The molecule has 1 aliphatic carbocycles. The van der Waals surface area contributed by atoms with Crippen LogP contribution in [0, 0.1) is 0 Å². The maximum atomic E-state index is 13.3. The molecule has 36 heavy (non-hydrogen) atoms. The minimum Gasteiger partial charge on any atom is -0.379 e. The predicted octanol–water partition coefficient (Wildman–Crippen LogP) is 3.54. The first-order chi connectivity index (χ1) is 16.9. The van der Waals surface area contributed by atoms with Gasteiger partial charge in [-0.25, -0.2) is 0 Å². The summed E-state index contributed by atoms with van der Waals surface area (Å²) in [6.45, 7) is 9.85. The standard InChI is InChI=1S/C27H39ClN4O3.CH4/c1-19(2)30-24(5-3-4-11-31-13-15-35-16-14-31)27(34)32-12-10-25(32)26(33)29-18-20-6-7-21-8-9-23(28)22(21)17-20;/h6-7,9,17,19,24-25,30H,3-5,8,10-16,18H2,1-2H3,(H,29,33);1H4/t24-,25+;/m1./s1. The third-order valence-electron chi connectivity index (χ3n) is 7.16. The number of morpholine rings is 1. The maximum absolute atomic E-state index is 13.3. The average Bonchev–Trinajstić information content (AvgIpc) is 3.19. The summed E-state index contributed by atoms with van der Waals surface area (Å²) >= 11 is 6.28. The molecule has 8 heteroatoms. The van der Waals surface area contributed by atoms with Gasteiger partial charge < -0.3 is 20.3 Å². The number of nitrogens with one attached hydrogen (secondary N) is 2. The molecule has 1 aromatic carbocycles. The second-order valence-corrected chi connectivity index (χ2v) is 10.5. The van der Waals surface area contributed by atoms with Crippen molar-refractivity contribution < 1.29 is 14.3 Å². The van der Waals surface area contributed by atoms with Crippen LogP contribution in [0.25, 0.3) is 5.03 Å². The number of nitrogens with zero attached hydrogens (tertiary/aromatic N) is 2. The zero-order chi connectivity index (χ0) is 24.8. The number of carbonyl (C=O) groups is 2. The summed E-state index contributed by atoms with van der Waals surface area (Å²) in [6.07, 6.45) is 6.41. The van der Waals surface area contributed by atoms with E-state index in [0.29, 0.717) is 19.5 Å². The lowest BCUT2D eigenvalue weighted by Gasteiger charge is -2.42. The molecule has 3 aliphatic rings. The van der Waals surface area contributed by atoms with E-state index >= 15 is 0 Å². The number of halogens is 1. The number of benzene rings is 1. The van der Waals surface area contributed by atoms with Gasteiger partial charge in [0.15, 0.2) is 0 Å². The fraction of sp³-hybridized carbons (Fsp3) is 0.643. The van der Waals surface area contributed by atoms with Crippen molar-refractivity contribution in [1.29, 1.82) is 0 Å². The maximum Gasteiger partial charge on any atom is 0.243 e. The molecule has 2 amide bonds. The molecule has 200 valence electrons. The Kier molecular flexibility index (Phi) is 10.8. The second kappa shape index (κ2) is 13.6. The highest BCUT2D eigenvalue weighted by Gasteiger charge is 2.40. The predicted molar refractivity (Wildman–Crippen MR) is 146 cm³/mol. The summed E-state index contributed by atoms with van der Waals surface area (Å²) in [5, 5.41) is 7.24. The zero-order valence-electron chi connectivity index (χ0n) is 21.0. The quantitative estimate of drug-likeness (QED) is 0.438. The summed E-state index contributed by atoms with van der Waals surface area (Å²) in [6, 6.07) is 5.72. The lowest BCUT2D eigenvalue weighted by Crippen LogP contribution is -2.62. The molecule has 0 aromatic heterocycles. The molecule has 2 heterocycles. The summed E-state index contributed by atoms with van der Waals surface area (Å²) < 4.78 is 5.42. The first-order valence-corrected chi connectivity index (χ1v) is 13.4. The van der Waals surface area contributed by atoms with Crippen LogP contribution in [0.3, 0.4) is 0 Å². The summed E-state index contributed by atoms with van der Waals surface area (Å²) in [4.78, 5) is 30.4. The lowest BCUT2D eigenvalue weighted by atomic mass is 9.98. The van der Waals surface area contributed by atoms with Gasteiger partial charge in [0.1, 0.15) is 6.04 Å². The van der Waals surface area contributed by atoms with E-state index in [1.165, 1.54) is 5.56 Å². The summed E-state index contributed by atoms with van der Waals surface area (Å²) in [5.74, 6) is -0.0340. The van der Waals surface area contributed by atoms with Gasteiger partial charge in [0.25, 0.3) is 0 Å². The Bertz CT molecular complexity index is 929. The van der Waals surface area contributed by atoms with Crippen molar-refractivity contribution in [3.8, 4) is 0 Å². The molecule has 2 fully saturated rings. The molecule has 0 spiro atoms. The highest BCUT2D eigenvalue weighted by atomic mass is 35.5. The third kappa shape index (κ3) is 7.31. The van der Waals surface area contributed by atoms with Gasteiger partial charge in [-0.1, -0.05) is 57.5 Å². The van der Waals surface area contributed by atoms with E-state index in [9.17, 15) is 9.59 Å². The molecule has 0 saturated carbocycles. The van der Waals surface area contributed by atoms with Gasteiger partial charge in [0, 0.05) is 37.3 Å². The molecule has 0 bridgehead atoms. The Morgan fingerprint density at radius 2 is 1.94 bits per heavy atom. The first-order valence-electron chi connectivity index (χ1n) is 13.0. The molecule has 1 aromatic rings. The van der Waals surface area contributed by atoms with Crippen molar-refractivity contribution in [1.82, 2.24) is 20.4 Å². The number of unbranched alkanes of at least 4 members (excludes halogenated alkanes) is 1. The molecule has 0 radical (unpaired) electrons. The topological polar surface area (TPSA) is 73.9 Å². The van der Waals surface area contributed by atoms with Gasteiger partial charge in [0.05, 0.1) is 19.3 Å². The number of rotatable bonds is 11. The van der Waals surface area contributed by atoms with Gasteiger partial charge in [-0.2, -0.15) is 0 Å². The largest absolute Gasteiger partial charge is 0.379 e. The van der Waals surface area contributed by atoms with Crippen LogP contribution in [0.2, 0.25) is 0 Å². The SMILES string of the molecule is C.CC(C)N[C@H](CCCCN1CCOCC1)C(=O)N1CC[C@H]1C(=O)NCc1ccc2c(c1)C(Cl)=CC2. The molecule has 2 atom stereocenters. The minimum atomic E-state index is -0.384. The molecule has 0 unspecified atom stereocenters. The highest BCUT2D eigenvalue weighted by molar-refractivity contribution is 6.49. The summed E-state index contributed by atoms with van der Waals surface area (Å²) in [7, 11) is 0. The molecule has 7 nitrogen and oxygen atoms in total. The van der Waals surface area contributed by atoms with Crippen LogP contribution in [0.15, 0.2) is 24.3 Å². The van der Waals surface area contributed by atoms with Crippen LogP contribution in [0.4, 0.5) is 0 Å². The smallest absolute Gasteiger partial charge is 0.243 e. The van der Waals surface area contributed by atoms with E-state index in [4.69, 9.17) is 16.3 Å². The van der Waals surface area contributed by atoms with E-state index in [1.54, 1.807) is 4.90 Å². The van der Waals surface area contributed by atoms with Gasteiger partial charge in [-0.3, -0.25) is 14.5 Å². The fourth-order valence-electron chi connectivity index (χ4n) is 5.06. The van der Waals surface area contributed by atoms with Gasteiger partial charge in [0.2, 0.25) is 11.8 Å². The number of hydrogen-bond acceptors (Lipinski definition) is 5. The highest BCUT2D eigenvalue weighted by Crippen LogP contribution is 2.31. The number of allylic oxidation sites excluding steroid dienone is 1. The number of fused-ring (bicyclic) bond motifs is 1. The number of ether oxygens (including phenoxy) is 1. The minimum absolute atomic E-state index is 0. The van der Waals surface area contributed by atoms with E-state index in [-0.39, 0.29) is 37.4 Å². The van der Waals surface area contributed by atoms with Crippen molar-refractivity contribution >= 4 is 28.4 Å². The van der Waals surface area contributed by atoms with E-state index < -0.39 is 0 Å². The second-order valence-electron chi connectivity index (χ2n) is 10.1. The zero-order valence-corrected chi connectivity index (χ0v) is 21.8. The Hall–Kier alpha value is -1.93. The van der Waals surface area contributed by atoms with E-state index in [1.807, 2.05) is 18.2 Å². The number of hydrogen-bond donors (Lipinski definition) is 2. The van der Waals surface area contributed by atoms with Crippen LogP contribution in [0.5, 0.6) is 0 Å². The Morgan fingerprint density at radius 3 is 2.64 bits per heavy atom. The van der Waals surface area contributed by atoms with Crippen LogP contribution >= 0.6 is 11.6 Å². The van der Waals surface area contributed by atoms with Crippen molar-refractivity contribution in [2.75, 3.05) is 39.4 Å². The van der Waals surface area contributed by atoms with Crippen LogP contribution < -0.4 is 10.6 Å². The third-order valence-corrected chi connectivity index (χ3v) is 7.52. The van der Waals surface area contributed by atoms with Gasteiger partial charge in [-0.05, 0) is 55.0 Å². The fourth-order valence-corrected chi connectivity index (χ4v) is 5.32. The molecular weight excluding hydrogens is 476 g/mol. The lowest BCUT2D eigenvalue weighted by molar-refractivity contribution is -0.149. The van der Waals surface area contributed by atoms with E-state index in [2.05, 4.69) is 35.4 Å². The van der Waals surface area contributed by atoms with Crippen molar-refractivity contribution in [2.45, 2.75) is 78.0 Å². The van der Waals surface area contributed by atoms with Crippen LogP contribution in [-0.2, 0) is 27.3 Å². The van der Waals surface area contributed by atoms with Gasteiger partial charge in [-0.15, -0.1) is 0 Å². The molecule has 4 rings (SSSR count). The van der Waals surface area contributed by atoms with Crippen LogP contribution in [0.1, 0.15) is 63.6 Å².